The number of imidazole rings is 1. The number of rotatable bonds is 4. The monoisotopic (exact) mass is 455 g/mol. The predicted octanol–water partition coefficient (Wildman–Crippen LogP) is 1.11. The van der Waals surface area contributed by atoms with E-state index in [0.29, 0.717) is 16.4 Å². The molecular formula is C20H15ClFN7O3. The smallest absolute Gasteiger partial charge is 0.326 e. The molecule has 5 rings (SSSR count). The maximum atomic E-state index is 14.1. The molecule has 32 heavy (non-hydrogen) atoms. The molecule has 3 heterocycles. The normalized spacial score (nSPS) is 14.9. The second kappa shape index (κ2) is 7.61. The van der Waals surface area contributed by atoms with E-state index in [1.54, 1.807) is 0 Å². The number of aromatic nitrogens is 5. The fourth-order valence-electron chi connectivity index (χ4n) is 3.12. The van der Waals surface area contributed by atoms with Gasteiger partial charge < -0.3 is 15.4 Å². The number of carbonyl (C=O) groups is 1. The highest BCUT2D eigenvalue weighted by Gasteiger charge is 2.21. The fraction of sp³-hybridized carbons (Fsp3) is 0.150. The van der Waals surface area contributed by atoms with Crippen LogP contribution in [0, 0.1) is 5.82 Å². The van der Waals surface area contributed by atoms with E-state index in [1.807, 2.05) is 0 Å². The Labute approximate surface area is 183 Å². The van der Waals surface area contributed by atoms with Gasteiger partial charge in [0, 0.05) is 16.3 Å². The lowest BCUT2D eigenvalue weighted by Gasteiger charge is -2.07. The number of nitrogens with one attached hydrogen (secondary N) is 3. The molecule has 162 valence electrons. The molecule has 0 saturated heterocycles. The molecule has 0 bridgehead atoms. The Morgan fingerprint density at radius 1 is 1.34 bits per heavy atom. The Kier molecular flexibility index (Phi) is 4.74. The molecule has 1 saturated carbocycles. The number of hydrogen-bond donors (Lipinski definition) is 4. The van der Waals surface area contributed by atoms with Crippen LogP contribution in [-0.4, -0.2) is 41.6 Å². The number of benzene rings is 1. The third-order valence-corrected chi connectivity index (χ3v) is 5.03. The highest BCUT2D eigenvalue weighted by molar-refractivity contribution is 6.31. The van der Waals surface area contributed by atoms with E-state index >= 15 is 0 Å². The van der Waals surface area contributed by atoms with Crippen molar-refractivity contribution < 1.29 is 14.3 Å². The molecule has 4 N–H and O–H groups in total. The first-order chi connectivity index (χ1) is 15.4. The summed E-state index contributed by atoms with van der Waals surface area (Å²) < 4.78 is 15.6. The third-order valence-electron chi connectivity index (χ3n) is 4.79. The first kappa shape index (κ1) is 19.9. The van der Waals surface area contributed by atoms with Crippen LogP contribution in [0.2, 0.25) is 5.02 Å². The number of H-pyrrole nitrogens is 2. The number of amides is 1. The lowest BCUT2D eigenvalue weighted by atomic mass is 10.2. The molecule has 0 atom stereocenters. The number of hydrogen-bond acceptors (Lipinski definition) is 6. The number of fused-ring (bicyclic) bond motifs is 1. The summed E-state index contributed by atoms with van der Waals surface area (Å²) in [6.45, 7) is 0. The predicted molar refractivity (Wildman–Crippen MR) is 113 cm³/mol. The van der Waals surface area contributed by atoms with Crippen LogP contribution in [0.15, 0.2) is 40.2 Å². The topological polar surface area (TPSA) is 141 Å². The number of aromatic amines is 2. The van der Waals surface area contributed by atoms with Gasteiger partial charge in [0.05, 0.1) is 17.8 Å². The SMILES string of the molecule is O=C(Nc1cc(=NC2CC2)n2ncc(=Cc3[nH]c(=O)[nH]c3O)c2n1)c1cc(Cl)ccc1F. The van der Waals surface area contributed by atoms with Crippen LogP contribution in [0.5, 0.6) is 5.88 Å². The van der Waals surface area contributed by atoms with E-state index in [4.69, 9.17) is 11.6 Å². The fourth-order valence-corrected chi connectivity index (χ4v) is 3.29. The van der Waals surface area contributed by atoms with Crippen LogP contribution < -0.4 is 21.7 Å². The van der Waals surface area contributed by atoms with Gasteiger partial charge in [0.2, 0.25) is 5.88 Å². The molecular weight excluding hydrogens is 441 g/mol. The Hall–Kier alpha value is -3.99. The lowest BCUT2D eigenvalue weighted by molar-refractivity contribution is 0.102. The van der Waals surface area contributed by atoms with Crippen molar-refractivity contribution in [2.24, 2.45) is 4.99 Å². The van der Waals surface area contributed by atoms with Gasteiger partial charge in [0.1, 0.15) is 17.3 Å². The summed E-state index contributed by atoms with van der Waals surface area (Å²) in [4.78, 5) is 37.7. The van der Waals surface area contributed by atoms with E-state index < -0.39 is 17.4 Å². The average Bonchev–Trinajstić information content (AvgIpc) is 3.38. The molecule has 1 aromatic carbocycles. The Bertz CT molecular complexity index is 1550. The maximum Gasteiger partial charge on any atom is 0.326 e. The van der Waals surface area contributed by atoms with Gasteiger partial charge in [-0.25, -0.2) is 14.2 Å². The van der Waals surface area contributed by atoms with Crippen molar-refractivity contribution >= 4 is 35.0 Å². The zero-order chi connectivity index (χ0) is 22.4. The summed E-state index contributed by atoms with van der Waals surface area (Å²) in [6.07, 6.45) is 4.85. The number of halogens is 2. The number of carbonyl (C=O) groups excluding carboxylic acids is 1. The van der Waals surface area contributed by atoms with Gasteiger partial charge in [-0.3, -0.25) is 14.8 Å². The molecule has 12 heteroatoms. The average molecular weight is 456 g/mol. The Morgan fingerprint density at radius 2 is 2.16 bits per heavy atom. The van der Waals surface area contributed by atoms with Gasteiger partial charge in [-0.15, -0.1) is 0 Å². The van der Waals surface area contributed by atoms with Crippen molar-refractivity contribution in [2.45, 2.75) is 18.9 Å². The van der Waals surface area contributed by atoms with Crippen molar-refractivity contribution in [3.63, 3.8) is 0 Å². The molecule has 1 amide bonds. The molecule has 0 aliphatic heterocycles. The summed E-state index contributed by atoms with van der Waals surface area (Å²) in [5.41, 5.74) is 0.109. The zero-order valence-electron chi connectivity index (χ0n) is 16.3. The molecule has 0 spiro atoms. The van der Waals surface area contributed by atoms with Crippen molar-refractivity contribution in [2.75, 3.05) is 5.32 Å². The van der Waals surface area contributed by atoms with E-state index in [-0.39, 0.29) is 34.0 Å². The first-order valence-electron chi connectivity index (χ1n) is 9.59. The van der Waals surface area contributed by atoms with Crippen molar-refractivity contribution in [1.82, 2.24) is 24.6 Å². The van der Waals surface area contributed by atoms with Crippen LogP contribution in [-0.2, 0) is 0 Å². The third kappa shape index (κ3) is 3.85. The molecule has 4 aromatic rings. The summed E-state index contributed by atoms with van der Waals surface area (Å²) in [5.74, 6) is -1.65. The summed E-state index contributed by atoms with van der Waals surface area (Å²) in [7, 11) is 0. The van der Waals surface area contributed by atoms with E-state index in [0.717, 1.165) is 18.9 Å². The Morgan fingerprint density at radius 3 is 2.88 bits per heavy atom. The van der Waals surface area contributed by atoms with Crippen LogP contribution in [0.3, 0.4) is 0 Å². The number of aromatic hydroxyl groups is 1. The maximum absolute atomic E-state index is 14.1. The molecule has 1 aliphatic rings. The van der Waals surface area contributed by atoms with Crippen molar-refractivity contribution in [1.29, 1.82) is 0 Å². The summed E-state index contributed by atoms with van der Waals surface area (Å²) in [5, 5.41) is 17.4. The largest absolute Gasteiger partial charge is 0.493 e. The molecule has 0 radical (unpaired) electrons. The highest BCUT2D eigenvalue weighted by Crippen LogP contribution is 2.22. The van der Waals surface area contributed by atoms with Gasteiger partial charge in [0.15, 0.2) is 11.1 Å². The van der Waals surface area contributed by atoms with Crippen molar-refractivity contribution in [3.8, 4) is 5.88 Å². The van der Waals surface area contributed by atoms with E-state index in [9.17, 15) is 19.1 Å². The number of anilines is 1. The minimum Gasteiger partial charge on any atom is -0.493 e. The van der Waals surface area contributed by atoms with Crippen LogP contribution in [0.25, 0.3) is 11.7 Å². The minimum atomic E-state index is -0.725. The van der Waals surface area contributed by atoms with Crippen molar-refractivity contribution in [3.05, 3.63) is 73.8 Å². The minimum absolute atomic E-state index is 0.128. The van der Waals surface area contributed by atoms with E-state index in [2.05, 4.69) is 30.4 Å². The highest BCUT2D eigenvalue weighted by atomic mass is 35.5. The van der Waals surface area contributed by atoms with E-state index in [1.165, 1.54) is 35.0 Å². The molecule has 1 fully saturated rings. The quantitative estimate of drug-likeness (QED) is 0.365. The Balaban J connectivity index is 1.63. The summed E-state index contributed by atoms with van der Waals surface area (Å²) >= 11 is 5.89. The molecule has 0 unspecified atom stereocenters. The van der Waals surface area contributed by atoms with Gasteiger partial charge in [0.25, 0.3) is 5.91 Å². The van der Waals surface area contributed by atoms with Gasteiger partial charge in [-0.1, -0.05) is 11.6 Å². The summed E-state index contributed by atoms with van der Waals surface area (Å²) in [6, 6.07) is 5.37. The van der Waals surface area contributed by atoms with Crippen LogP contribution in [0.4, 0.5) is 10.2 Å². The lowest BCUT2D eigenvalue weighted by Crippen LogP contribution is -2.22. The number of nitrogens with zero attached hydrogens (tertiary/aromatic N) is 4. The van der Waals surface area contributed by atoms with Gasteiger partial charge >= 0.3 is 5.69 Å². The van der Waals surface area contributed by atoms with Crippen LogP contribution >= 0.6 is 11.6 Å². The second-order valence-electron chi connectivity index (χ2n) is 7.26. The standard InChI is InChI=1S/C20H15ClFN7O3/c21-10-1-4-13(22)12(6-10)18(30)27-15-7-16(24-11-2-3-11)29-17(26-15)9(8-23-29)5-14-19(31)28-20(32)25-14/h1,4-8,11,31H,2-3H2,(H,27,30)(H2,25,28,32). The second-order valence-corrected chi connectivity index (χ2v) is 7.70. The molecule has 1 aliphatic carbocycles. The van der Waals surface area contributed by atoms with Gasteiger partial charge in [-0.2, -0.15) is 9.61 Å². The zero-order valence-corrected chi connectivity index (χ0v) is 17.0. The van der Waals surface area contributed by atoms with Crippen LogP contribution in [0.1, 0.15) is 28.9 Å². The molecule has 3 aromatic heterocycles. The molecule has 10 nitrogen and oxygen atoms in total. The first-order valence-corrected chi connectivity index (χ1v) is 9.97. The van der Waals surface area contributed by atoms with Gasteiger partial charge in [-0.05, 0) is 37.1 Å².